The van der Waals surface area contributed by atoms with E-state index in [4.69, 9.17) is 5.73 Å². The van der Waals surface area contributed by atoms with E-state index in [1.165, 1.54) is 12.1 Å². The molecule has 1 rings (SSSR count). The minimum absolute atomic E-state index is 0.00718. The molecule has 0 fully saturated rings. The number of benzene rings is 1. The Morgan fingerprint density at radius 1 is 0.829 bits per heavy atom. The molecule has 1 aromatic carbocycles. The second-order valence-corrected chi connectivity index (χ2v) is 9.81. The highest BCUT2D eigenvalue weighted by atomic mass is 32.1. The Kier molecular flexibility index (Phi) is 12.6. The highest BCUT2D eigenvalue weighted by Gasteiger charge is 2.30. The summed E-state index contributed by atoms with van der Waals surface area (Å²) in [5.41, 5.74) is 6.50. The summed E-state index contributed by atoms with van der Waals surface area (Å²) in [6.07, 6.45) is 0.693. The topological polar surface area (TPSA) is 171 Å². The Hall–Kier alpha value is -2.79. The molecule has 1 aromatic rings. The number of carbonyl (C=O) groups is 4. The number of aliphatic carboxylic acids is 1. The van der Waals surface area contributed by atoms with Gasteiger partial charge >= 0.3 is 5.97 Å². The normalized spacial score (nSPS) is 14.6. The smallest absolute Gasteiger partial charge is 0.326 e. The Morgan fingerprint density at radius 3 is 1.80 bits per heavy atom. The van der Waals surface area contributed by atoms with Gasteiger partial charge in [0.25, 0.3) is 0 Å². The molecule has 3 amide bonds. The second-order valence-electron chi connectivity index (χ2n) is 9.44. The van der Waals surface area contributed by atoms with E-state index < -0.39 is 47.9 Å². The van der Waals surface area contributed by atoms with Crippen LogP contribution < -0.4 is 21.7 Å². The number of aromatic hydroxyl groups is 1. The van der Waals surface area contributed by atoms with Crippen LogP contribution in [0, 0.1) is 11.8 Å². The van der Waals surface area contributed by atoms with Crippen molar-refractivity contribution in [2.75, 3.05) is 5.75 Å². The first-order chi connectivity index (χ1) is 16.3. The van der Waals surface area contributed by atoms with Gasteiger partial charge in [0.15, 0.2) is 0 Å². The standard InChI is InChI=1S/C24H38N4O6S/c1-13(2)9-17(25)21(30)28-20(12-35)23(32)26-18(10-14(3)4)22(31)27-19(24(33)34)11-15-5-7-16(29)8-6-15/h5-8,13-14,17-20,29,35H,9-12,25H2,1-4H3,(H,26,32)(H,27,31)(H,28,30)(H,33,34). The summed E-state index contributed by atoms with van der Waals surface area (Å²) in [7, 11) is 0. The Balaban J connectivity index is 2.91. The molecule has 0 heterocycles. The van der Waals surface area contributed by atoms with E-state index in [1.54, 1.807) is 12.1 Å². The zero-order valence-electron chi connectivity index (χ0n) is 20.7. The van der Waals surface area contributed by atoms with Crippen LogP contribution in [0.1, 0.15) is 46.1 Å². The quantitative estimate of drug-likeness (QED) is 0.182. The maximum absolute atomic E-state index is 13.0. The Bertz CT molecular complexity index is 862. The third kappa shape index (κ3) is 11.0. The predicted molar refractivity (Wildman–Crippen MR) is 136 cm³/mol. The van der Waals surface area contributed by atoms with Crippen LogP contribution in [0.15, 0.2) is 24.3 Å². The Morgan fingerprint density at radius 2 is 1.31 bits per heavy atom. The third-order valence-corrected chi connectivity index (χ3v) is 5.57. The monoisotopic (exact) mass is 510 g/mol. The van der Waals surface area contributed by atoms with Crippen molar-refractivity contribution < 1.29 is 29.4 Å². The lowest BCUT2D eigenvalue weighted by Crippen LogP contribution is -2.58. The van der Waals surface area contributed by atoms with Crippen molar-refractivity contribution >= 4 is 36.3 Å². The number of hydrogen-bond acceptors (Lipinski definition) is 7. The van der Waals surface area contributed by atoms with E-state index in [9.17, 15) is 29.4 Å². The first kappa shape index (κ1) is 30.2. The largest absolute Gasteiger partial charge is 0.508 e. The molecule has 10 nitrogen and oxygen atoms in total. The summed E-state index contributed by atoms with van der Waals surface area (Å²) in [6.45, 7) is 7.58. The molecule has 0 saturated heterocycles. The number of rotatable bonds is 14. The van der Waals surface area contributed by atoms with Crippen molar-refractivity contribution in [3.05, 3.63) is 29.8 Å². The molecule has 0 spiro atoms. The number of carbonyl (C=O) groups excluding carboxylic acids is 3. The van der Waals surface area contributed by atoms with E-state index >= 15 is 0 Å². The number of nitrogens with one attached hydrogen (secondary N) is 3. The van der Waals surface area contributed by atoms with Crippen LogP contribution >= 0.6 is 12.6 Å². The molecule has 0 bridgehead atoms. The SMILES string of the molecule is CC(C)CC(N)C(=O)NC(CS)C(=O)NC(CC(C)C)C(=O)NC(Cc1ccc(O)cc1)C(=O)O. The zero-order valence-corrected chi connectivity index (χ0v) is 21.5. The van der Waals surface area contributed by atoms with Gasteiger partial charge < -0.3 is 31.9 Å². The maximum atomic E-state index is 13.0. The van der Waals surface area contributed by atoms with Crippen molar-refractivity contribution in [3.63, 3.8) is 0 Å². The Labute approximate surface area is 211 Å². The van der Waals surface area contributed by atoms with Gasteiger partial charge in [-0.1, -0.05) is 39.8 Å². The molecule has 196 valence electrons. The zero-order chi connectivity index (χ0) is 26.7. The maximum Gasteiger partial charge on any atom is 0.326 e. The van der Waals surface area contributed by atoms with E-state index in [2.05, 4.69) is 28.6 Å². The minimum atomic E-state index is -1.24. The molecule has 0 radical (unpaired) electrons. The van der Waals surface area contributed by atoms with Crippen LogP contribution in [-0.2, 0) is 25.6 Å². The number of carboxylic acids is 1. The summed E-state index contributed by atoms with van der Waals surface area (Å²) < 4.78 is 0. The summed E-state index contributed by atoms with van der Waals surface area (Å²) in [5.74, 6) is -2.76. The van der Waals surface area contributed by atoms with E-state index in [0.717, 1.165) is 0 Å². The number of hydrogen-bond donors (Lipinski definition) is 7. The van der Waals surface area contributed by atoms with Crippen LogP contribution in [0.5, 0.6) is 5.75 Å². The molecule has 35 heavy (non-hydrogen) atoms. The van der Waals surface area contributed by atoms with Crippen molar-refractivity contribution in [1.82, 2.24) is 16.0 Å². The lowest BCUT2D eigenvalue weighted by atomic mass is 10.0. The van der Waals surface area contributed by atoms with Crippen LogP contribution in [0.2, 0.25) is 0 Å². The first-order valence-electron chi connectivity index (χ1n) is 11.6. The highest BCUT2D eigenvalue weighted by Crippen LogP contribution is 2.12. The summed E-state index contributed by atoms with van der Waals surface area (Å²) >= 11 is 4.14. The second kappa shape index (κ2) is 14.6. The molecule has 0 aromatic heterocycles. The number of phenols is 1. The van der Waals surface area contributed by atoms with Gasteiger partial charge in [-0.25, -0.2) is 4.79 Å². The average Bonchev–Trinajstić information content (AvgIpc) is 2.76. The number of nitrogens with two attached hydrogens (primary N) is 1. The molecule has 4 atom stereocenters. The van der Waals surface area contributed by atoms with Gasteiger partial charge in [-0.05, 0) is 42.4 Å². The number of thiol groups is 1. The van der Waals surface area contributed by atoms with Gasteiger partial charge in [-0.15, -0.1) is 0 Å². The van der Waals surface area contributed by atoms with Gasteiger partial charge in [0.1, 0.15) is 23.9 Å². The summed E-state index contributed by atoms with van der Waals surface area (Å²) in [6, 6.07) is 1.92. The van der Waals surface area contributed by atoms with E-state index in [0.29, 0.717) is 12.0 Å². The number of carboxylic acid groups (broad SMARTS) is 1. The fourth-order valence-electron chi connectivity index (χ4n) is 3.40. The number of phenolic OH excluding ortho intramolecular Hbond substituents is 1. The fraction of sp³-hybridized carbons (Fsp3) is 0.583. The summed E-state index contributed by atoms with van der Waals surface area (Å²) in [5, 5.41) is 26.7. The number of amides is 3. The molecule has 0 aliphatic heterocycles. The van der Waals surface area contributed by atoms with Crippen LogP contribution in [-0.4, -0.2) is 63.8 Å². The molecule has 0 aliphatic rings. The third-order valence-electron chi connectivity index (χ3n) is 5.21. The van der Waals surface area contributed by atoms with Gasteiger partial charge in [-0.2, -0.15) is 12.6 Å². The van der Waals surface area contributed by atoms with Gasteiger partial charge in [0.05, 0.1) is 6.04 Å². The van der Waals surface area contributed by atoms with Crippen molar-refractivity contribution in [3.8, 4) is 5.75 Å². The molecule has 4 unspecified atom stereocenters. The lowest BCUT2D eigenvalue weighted by molar-refractivity contribution is -0.142. The van der Waals surface area contributed by atoms with Gasteiger partial charge in [0, 0.05) is 12.2 Å². The van der Waals surface area contributed by atoms with E-state index in [1.807, 2.05) is 27.7 Å². The fourth-order valence-corrected chi connectivity index (χ4v) is 3.66. The minimum Gasteiger partial charge on any atom is -0.508 e. The van der Waals surface area contributed by atoms with Gasteiger partial charge in [-0.3, -0.25) is 14.4 Å². The summed E-state index contributed by atoms with van der Waals surface area (Å²) in [4.78, 5) is 50.0. The molecular formula is C24H38N4O6S. The predicted octanol–water partition coefficient (Wildman–Crippen LogP) is 0.823. The molecule has 0 saturated carbocycles. The van der Waals surface area contributed by atoms with Crippen molar-refractivity contribution in [2.24, 2.45) is 17.6 Å². The van der Waals surface area contributed by atoms with Crippen LogP contribution in [0.3, 0.4) is 0 Å². The molecular weight excluding hydrogens is 472 g/mol. The highest BCUT2D eigenvalue weighted by molar-refractivity contribution is 7.80. The molecule has 0 aliphatic carbocycles. The van der Waals surface area contributed by atoms with Gasteiger partial charge in [0.2, 0.25) is 17.7 Å². The van der Waals surface area contributed by atoms with Crippen LogP contribution in [0.4, 0.5) is 0 Å². The average molecular weight is 511 g/mol. The van der Waals surface area contributed by atoms with Crippen molar-refractivity contribution in [1.29, 1.82) is 0 Å². The lowest BCUT2D eigenvalue weighted by Gasteiger charge is -2.25. The van der Waals surface area contributed by atoms with E-state index in [-0.39, 0.29) is 36.2 Å². The first-order valence-corrected chi connectivity index (χ1v) is 12.3. The molecule has 7 N–H and O–H groups in total. The van der Waals surface area contributed by atoms with Crippen LogP contribution in [0.25, 0.3) is 0 Å². The molecule has 11 heteroatoms. The van der Waals surface area contributed by atoms with Crippen molar-refractivity contribution in [2.45, 2.75) is 71.1 Å².